The Bertz CT molecular complexity index is 1600. The van der Waals surface area contributed by atoms with Gasteiger partial charge in [0.15, 0.2) is 0 Å². The number of para-hydroxylation sites is 4. The summed E-state index contributed by atoms with van der Waals surface area (Å²) in [6.07, 6.45) is 0. The Morgan fingerprint density at radius 2 is 1.48 bits per heavy atom. The van der Waals surface area contributed by atoms with Gasteiger partial charge >= 0.3 is 0 Å². The van der Waals surface area contributed by atoms with E-state index in [0.29, 0.717) is 5.71 Å². The fourth-order valence-electron chi connectivity index (χ4n) is 4.54. The molecule has 0 spiro atoms. The maximum atomic E-state index is 6.30. The largest absolute Gasteiger partial charge is 0.437 e. The zero-order valence-electron chi connectivity index (χ0n) is 17.7. The van der Waals surface area contributed by atoms with Crippen molar-refractivity contribution in [3.63, 3.8) is 0 Å². The van der Waals surface area contributed by atoms with Crippen LogP contribution in [-0.4, -0.2) is 14.5 Å². The Hall–Kier alpha value is -3.92. The van der Waals surface area contributed by atoms with Gasteiger partial charge in [-0.2, -0.15) is 0 Å². The molecule has 3 heterocycles. The molecule has 4 nitrogen and oxygen atoms in total. The molecule has 0 saturated carbocycles. The van der Waals surface area contributed by atoms with E-state index in [1.165, 1.54) is 11.1 Å². The smallest absolute Gasteiger partial charge is 0.227 e. The Kier molecular flexibility index (Phi) is 3.78. The van der Waals surface area contributed by atoms with Crippen LogP contribution in [0.5, 0.6) is 0 Å². The first-order valence-electron chi connectivity index (χ1n) is 10.4. The minimum atomic E-state index is 0.664. The van der Waals surface area contributed by atoms with Crippen LogP contribution in [0.15, 0.2) is 77.2 Å². The van der Waals surface area contributed by atoms with E-state index in [-0.39, 0.29) is 0 Å². The summed E-state index contributed by atoms with van der Waals surface area (Å²) in [4.78, 5) is 9.67. The molecule has 0 fully saturated rings. The lowest BCUT2D eigenvalue weighted by molar-refractivity contribution is 0.653. The monoisotopic (exact) mass is 403 g/mol. The van der Waals surface area contributed by atoms with E-state index in [1.807, 2.05) is 19.1 Å². The lowest BCUT2D eigenvalue weighted by Crippen LogP contribution is -2.02. The van der Waals surface area contributed by atoms with Gasteiger partial charge in [0.2, 0.25) is 5.71 Å². The standard InChI is InChI=1S/C27H21N3O/c1-16-8-6-9-17(2)24(16)30-23-13-5-4-12-22(23)29-26(30)21-11-7-10-19-20-15-14-18(3)28-27(20)31-25(19)21/h4-15H,1-3H3. The van der Waals surface area contributed by atoms with Crippen molar-refractivity contribution in [3.05, 3.63) is 89.6 Å². The van der Waals surface area contributed by atoms with E-state index < -0.39 is 0 Å². The van der Waals surface area contributed by atoms with Crippen LogP contribution < -0.4 is 0 Å². The van der Waals surface area contributed by atoms with E-state index in [4.69, 9.17) is 9.40 Å². The number of hydrogen-bond donors (Lipinski definition) is 0. The SMILES string of the molecule is Cc1ccc2c(n1)oc1c(-c3nc4ccccc4n3-c3c(C)cccc3C)cccc12. The first-order valence-corrected chi connectivity index (χ1v) is 10.4. The molecule has 3 aromatic heterocycles. The average Bonchev–Trinajstić information content (AvgIpc) is 3.32. The predicted octanol–water partition coefficient (Wildman–Crippen LogP) is 6.91. The molecule has 0 aliphatic rings. The van der Waals surface area contributed by atoms with E-state index in [2.05, 4.69) is 84.1 Å². The molecule has 0 radical (unpaired) electrons. The molecule has 31 heavy (non-hydrogen) atoms. The van der Waals surface area contributed by atoms with Crippen molar-refractivity contribution in [2.75, 3.05) is 0 Å². The second kappa shape index (κ2) is 6.54. The predicted molar refractivity (Wildman–Crippen MR) is 126 cm³/mol. The Morgan fingerprint density at radius 1 is 0.710 bits per heavy atom. The number of aromatic nitrogens is 3. The van der Waals surface area contributed by atoms with Crippen molar-refractivity contribution in [1.82, 2.24) is 14.5 Å². The molecule has 0 aliphatic heterocycles. The highest BCUT2D eigenvalue weighted by atomic mass is 16.3. The molecule has 0 bridgehead atoms. The van der Waals surface area contributed by atoms with Crippen molar-refractivity contribution in [1.29, 1.82) is 0 Å². The van der Waals surface area contributed by atoms with E-state index in [0.717, 1.165) is 50.2 Å². The normalized spacial score (nSPS) is 11.7. The van der Waals surface area contributed by atoms with Gasteiger partial charge in [-0.1, -0.05) is 42.5 Å². The molecule has 0 saturated heterocycles. The van der Waals surface area contributed by atoms with Gasteiger partial charge in [0.25, 0.3) is 0 Å². The number of rotatable bonds is 2. The van der Waals surface area contributed by atoms with Crippen LogP contribution >= 0.6 is 0 Å². The number of aryl methyl sites for hydroxylation is 3. The van der Waals surface area contributed by atoms with Crippen molar-refractivity contribution in [2.24, 2.45) is 0 Å². The lowest BCUT2D eigenvalue weighted by Gasteiger charge is -2.15. The number of hydrogen-bond acceptors (Lipinski definition) is 3. The first-order chi connectivity index (χ1) is 15.1. The van der Waals surface area contributed by atoms with Gasteiger partial charge in [-0.05, 0) is 62.2 Å². The summed E-state index contributed by atoms with van der Waals surface area (Å²) < 4.78 is 8.57. The number of fused-ring (bicyclic) bond motifs is 4. The number of furan rings is 1. The number of pyridine rings is 1. The lowest BCUT2D eigenvalue weighted by atomic mass is 10.1. The van der Waals surface area contributed by atoms with Crippen LogP contribution in [0.25, 0.3) is 50.2 Å². The van der Waals surface area contributed by atoms with Crippen molar-refractivity contribution < 1.29 is 4.42 Å². The van der Waals surface area contributed by atoms with Crippen LogP contribution in [0.2, 0.25) is 0 Å². The zero-order valence-corrected chi connectivity index (χ0v) is 17.7. The van der Waals surface area contributed by atoms with Gasteiger partial charge in [-0.3, -0.25) is 4.57 Å². The summed E-state index contributed by atoms with van der Waals surface area (Å²) in [6, 6.07) is 25.0. The molecule has 0 amide bonds. The Morgan fingerprint density at radius 3 is 2.32 bits per heavy atom. The van der Waals surface area contributed by atoms with Gasteiger partial charge in [0.1, 0.15) is 11.4 Å². The summed E-state index contributed by atoms with van der Waals surface area (Å²) >= 11 is 0. The van der Waals surface area contributed by atoms with E-state index in [9.17, 15) is 0 Å². The molecule has 6 rings (SSSR count). The molecule has 4 heteroatoms. The van der Waals surface area contributed by atoms with E-state index in [1.54, 1.807) is 0 Å². The van der Waals surface area contributed by atoms with Crippen LogP contribution in [-0.2, 0) is 0 Å². The third kappa shape index (κ3) is 2.61. The highest BCUT2D eigenvalue weighted by Crippen LogP contribution is 2.38. The van der Waals surface area contributed by atoms with Gasteiger partial charge in [0, 0.05) is 16.5 Å². The van der Waals surface area contributed by atoms with Crippen LogP contribution in [0.3, 0.4) is 0 Å². The summed E-state index contributed by atoms with van der Waals surface area (Å²) in [7, 11) is 0. The summed E-state index contributed by atoms with van der Waals surface area (Å²) in [5, 5.41) is 2.08. The Balaban J connectivity index is 1.75. The van der Waals surface area contributed by atoms with Gasteiger partial charge < -0.3 is 4.42 Å². The van der Waals surface area contributed by atoms with Crippen LogP contribution in [0, 0.1) is 20.8 Å². The second-order valence-corrected chi connectivity index (χ2v) is 8.09. The molecule has 0 aliphatic carbocycles. The molecule has 6 aromatic rings. The van der Waals surface area contributed by atoms with Gasteiger partial charge in [0.05, 0.1) is 22.3 Å². The number of benzene rings is 3. The summed E-state index contributed by atoms with van der Waals surface area (Å²) in [5.41, 5.74) is 9.00. The molecule has 0 N–H and O–H groups in total. The van der Waals surface area contributed by atoms with Crippen LogP contribution in [0.1, 0.15) is 16.8 Å². The number of nitrogens with zero attached hydrogens (tertiary/aromatic N) is 3. The van der Waals surface area contributed by atoms with Crippen molar-refractivity contribution in [2.45, 2.75) is 20.8 Å². The highest BCUT2D eigenvalue weighted by molar-refractivity contribution is 6.08. The van der Waals surface area contributed by atoms with Gasteiger partial charge in [-0.25, -0.2) is 9.97 Å². The molecule has 0 atom stereocenters. The maximum absolute atomic E-state index is 6.30. The molecule has 150 valence electrons. The quantitative estimate of drug-likeness (QED) is 0.315. The average molecular weight is 403 g/mol. The third-order valence-corrected chi connectivity index (χ3v) is 5.97. The minimum absolute atomic E-state index is 0.664. The second-order valence-electron chi connectivity index (χ2n) is 8.09. The maximum Gasteiger partial charge on any atom is 0.227 e. The van der Waals surface area contributed by atoms with Gasteiger partial charge in [-0.15, -0.1) is 0 Å². The van der Waals surface area contributed by atoms with E-state index >= 15 is 0 Å². The van der Waals surface area contributed by atoms with Crippen LogP contribution in [0.4, 0.5) is 0 Å². The minimum Gasteiger partial charge on any atom is -0.437 e. The summed E-state index contributed by atoms with van der Waals surface area (Å²) in [5.74, 6) is 0.875. The topological polar surface area (TPSA) is 43.9 Å². The first kappa shape index (κ1) is 17.9. The van der Waals surface area contributed by atoms with Crippen molar-refractivity contribution >= 4 is 33.1 Å². The molecular weight excluding hydrogens is 382 g/mol. The number of imidazole rings is 1. The van der Waals surface area contributed by atoms with Crippen molar-refractivity contribution in [3.8, 4) is 17.1 Å². The zero-order chi connectivity index (χ0) is 21.1. The fraction of sp³-hybridized carbons (Fsp3) is 0.111. The highest BCUT2D eigenvalue weighted by Gasteiger charge is 2.21. The molecule has 3 aromatic carbocycles. The molecule has 0 unspecified atom stereocenters. The third-order valence-electron chi connectivity index (χ3n) is 5.97. The Labute approximate surface area is 179 Å². The summed E-state index contributed by atoms with van der Waals surface area (Å²) in [6.45, 7) is 6.28. The fourth-order valence-corrected chi connectivity index (χ4v) is 4.54. The molecular formula is C27H21N3O.